The van der Waals surface area contributed by atoms with E-state index < -0.39 is 39.5 Å². The van der Waals surface area contributed by atoms with Gasteiger partial charge in [-0.15, -0.1) is 0 Å². The number of halogens is 3. The highest BCUT2D eigenvalue weighted by Gasteiger charge is 2.46. The second-order valence-electron chi connectivity index (χ2n) is 6.61. The first-order valence-corrected chi connectivity index (χ1v) is 10.5. The molecule has 0 saturated heterocycles. The molecule has 0 bridgehead atoms. The van der Waals surface area contributed by atoms with Crippen LogP contribution in [0.5, 0.6) is 0 Å². The summed E-state index contributed by atoms with van der Waals surface area (Å²) in [6, 6.07) is 0. The van der Waals surface area contributed by atoms with Gasteiger partial charge in [0.25, 0.3) is 0 Å². The third-order valence-corrected chi connectivity index (χ3v) is 4.71. The van der Waals surface area contributed by atoms with Crippen molar-refractivity contribution in [2.24, 2.45) is 0 Å². The zero-order valence-electron chi connectivity index (χ0n) is 16.8. The van der Waals surface area contributed by atoms with Gasteiger partial charge in [0.15, 0.2) is 0 Å². The number of amides is 1. The molecule has 0 aromatic rings. The highest BCUT2D eigenvalue weighted by atomic mass is 32.2. The predicted octanol–water partition coefficient (Wildman–Crippen LogP) is 2.90. The Balaban J connectivity index is 4.36. The number of alkyl halides is 3. The first-order valence-electron chi connectivity index (χ1n) is 8.98. The Labute approximate surface area is 173 Å². The Morgan fingerprint density at radius 3 is 2.00 bits per heavy atom. The van der Waals surface area contributed by atoms with Crippen LogP contribution in [0.15, 0.2) is 24.3 Å². The van der Waals surface area contributed by atoms with Crippen molar-refractivity contribution in [2.45, 2.75) is 64.0 Å². The molecule has 1 atom stereocenters. The largest absolute Gasteiger partial charge is 0.516 e. The number of carbonyl (C=O) groups is 3. The zero-order valence-corrected chi connectivity index (χ0v) is 17.7. The molecule has 0 spiro atoms. The molecular formula is C18H26F3NO7S. The molecular weight excluding hydrogens is 431 g/mol. The lowest BCUT2D eigenvalue weighted by Crippen LogP contribution is -2.40. The van der Waals surface area contributed by atoms with Gasteiger partial charge < -0.3 is 9.47 Å². The van der Waals surface area contributed by atoms with Crippen LogP contribution in [0.2, 0.25) is 0 Å². The minimum atomic E-state index is -5.70. The summed E-state index contributed by atoms with van der Waals surface area (Å²) in [6.45, 7) is 9.65. The molecule has 1 unspecified atom stereocenters. The van der Waals surface area contributed by atoms with E-state index in [0.717, 1.165) is 4.72 Å². The Morgan fingerprint density at radius 1 is 0.967 bits per heavy atom. The molecule has 0 saturated carbocycles. The van der Waals surface area contributed by atoms with Crippen LogP contribution >= 0.6 is 0 Å². The molecule has 0 aliphatic heterocycles. The van der Waals surface area contributed by atoms with Crippen LogP contribution in [0.3, 0.4) is 0 Å². The minimum Gasteiger partial charge on any atom is -0.458 e. The fourth-order valence-electron chi connectivity index (χ4n) is 1.99. The quantitative estimate of drug-likeness (QED) is 0.257. The highest BCUT2D eigenvalue weighted by Crippen LogP contribution is 2.21. The summed E-state index contributed by atoms with van der Waals surface area (Å²) < 4.78 is 69.3. The molecule has 0 rings (SSSR count). The number of ether oxygens (including phenoxy) is 2. The number of esters is 2. The van der Waals surface area contributed by atoms with Gasteiger partial charge in [0.2, 0.25) is 5.91 Å². The number of sulfonamides is 1. The van der Waals surface area contributed by atoms with E-state index in [2.05, 4.69) is 13.2 Å². The summed E-state index contributed by atoms with van der Waals surface area (Å²) >= 11 is 0. The van der Waals surface area contributed by atoms with Crippen molar-refractivity contribution in [1.29, 1.82) is 0 Å². The number of rotatable bonds is 13. The average Bonchev–Trinajstić information content (AvgIpc) is 2.60. The molecule has 12 heteroatoms. The molecule has 0 aromatic carbocycles. The third kappa shape index (κ3) is 11.0. The van der Waals surface area contributed by atoms with Gasteiger partial charge in [0.1, 0.15) is 12.7 Å². The number of hydrogen-bond acceptors (Lipinski definition) is 7. The van der Waals surface area contributed by atoms with Gasteiger partial charge in [-0.25, -0.2) is 14.3 Å². The number of unbranched alkanes of at least 4 members (excludes halogenated alkanes) is 3. The van der Waals surface area contributed by atoms with Crippen molar-refractivity contribution in [2.75, 3.05) is 6.61 Å². The molecule has 0 aromatic heterocycles. The van der Waals surface area contributed by atoms with Gasteiger partial charge in [0.05, 0.1) is 0 Å². The normalized spacial score (nSPS) is 12.6. The van der Waals surface area contributed by atoms with Crippen LogP contribution in [0.4, 0.5) is 13.2 Å². The standard InChI is InChI=1S/C18H26F3NO7S/c1-12(2)16(24)28-11-14(29-17(25)13(3)4)9-7-5-6-8-10-15(23)22-30(26,27)18(19,20)21/h14H,1,3,5-11H2,2,4H3,(H,22,23). The molecule has 0 heterocycles. The van der Waals surface area contributed by atoms with Crippen LogP contribution in [0, 0.1) is 0 Å². The maximum absolute atomic E-state index is 12.2. The summed E-state index contributed by atoms with van der Waals surface area (Å²) in [7, 11) is -5.70. The molecule has 8 nitrogen and oxygen atoms in total. The maximum Gasteiger partial charge on any atom is 0.516 e. The second kappa shape index (κ2) is 12.4. The smallest absolute Gasteiger partial charge is 0.458 e. The van der Waals surface area contributed by atoms with Crippen molar-refractivity contribution in [3.8, 4) is 0 Å². The molecule has 0 fully saturated rings. The summed E-state index contributed by atoms with van der Waals surface area (Å²) in [5.74, 6) is -2.52. The minimum absolute atomic E-state index is 0.167. The number of nitrogens with one attached hydrogen (secondary N) is 1. The number of hydrogen-bond donors (Lipinski definition) is 1. The topological polar surface area (TPSA) is 116 Å². The molecule has 172 valence electrons. The average molecular weight is 457 g/mol. The Kier molecular flexibility index (Phi) is 11.4. The second-order valence-corrected chi connectivity index (χ2v) is 8.29. The van der Waals surface area contributed by atoms with Crippen LogP contribution in [-0.4, -0.2) is 44.5 Å². The predicted molar refractivity (Wildman–Crippen MR) is 101 cm³/mol. The summed E-state index contributed by atoms with van der Waals surface area (Å²) in [6.07, 6.45) is 0.830. The summed E-state index contributed by atoms with van der Waals surface area (Å²) in [4.78, 5) is 34.5. The fraction of sp³-hybridized carbons (Fsp3) is 0.611. The molecule has 30 heavy (non-hydrogen) atoms. The molecule has 0 aliphatic carbocycles. The van der Waals surface area contributed by atoms with E-state index in [1.54, 1.807) is 0 Å². The van der Waals surface area contributed by atoms with E-state index in [0.29, 0.717) is 25.7 Å². The van der Waals surface area contributed by atoms with Gasteiger partial charge in [-0.05, 0) is 33.1 Å². The van der Waals surface area contributed by atoms with Crippen molar-refractivity contribution in [3.05, 3.63) is 24.3 Å². The molecule has 0 aliphatic rings. The number of carbonyl (C=O) groups excluding carboxylic acids is 3. The van der Waals surface area contributed by atoms with Crippen molar-refractivity contribution in [3.63, 3.8) is 0 Å². The molecule has 1 N–H and O–H groups in total. The van der Waals surface area contributed by atoms with Gasteiger partial charge in [-0.1, -0.05) is 26.0 Å². The van der Waals surface area contributed by atoms with E-state index in [-0.39, 0.29) is 30.6 Å². The van der Waals surface area contributed by atoms with E-state index in [4.69, 9.17) is 9.47 Å². The van der Waals surface area contributed by atoms with Crippen molar-refractivity contribution in [1.82, 2.24) is 4.72 Å². The van der Waals surface area contributed by atoms with Gasteiger partial charge in [0, 0.05) is 17.6 Å². The molecule has 0 radical (unpaired) electrons. The lowest BCUT2D eigenvalue weighted by molar-refractivity contribution is -0.154. The van der Waals surface area contributed by atoms with E-state index in [1.807, 2.05) is 0 Å². The van der Waals surface area contributed by atoms with E-state index >= 15 is 0 Å². The van der Waals surface area contributed by atoms with Crippen LogP contribution in [0.1, 0.15) is 52.4 Å². The SMILES string of the molecule is C=C(C)C(=O)OCC(CCCCCCC(=O)NS(=O)(=O)C(F)(F)F)OC(=O)C(=C)C. The first kappa shape index (κ1) is 27.6. The van der Waals surface area contributed by atoms with Gasteiger partial charge >= 0.3 is 27.5 Å². The van der Waals surface area contributed by atoms with E-state index in [9.17, 15) is 36.0 Å². The monoisotopic (exact) mass is 457 g/mol. The Bertz CT molecular complexity index is 760. The highest BCUT2D eigenvalue weighted by molar-refractivity contribution is 7.90. The van der Waals surface area contributed by atoms with E-state index in [1.165, 1.54) is 13.8 Å². The van der Waals surface area contributed by atoms with Gasteiger partial charge in [-0.2, -0.15) is 21.6 Å². The van der Waals surface area contributed by atoms with Crippen LogP contribution in [0.25, 0.3) is 0 Å². The lowest BCUT2D eigenvalue weighted by atomic mass is 10.1. The third-order valence-electron chi connectivity index (χ3n) is 3.60. The summed E-state index contributed by atoms with van der Waals surface area (Å²) in [5.41, 5.74) is -5.19. The van der Waals surface area contributed by atoms with Crippen LogP contribution < -0.4 is 4.72 Å². The Hall–Kier alpha value is -2.37. The van der Waals surface area contributed by atoms with Crippen molar-refractivity contribution >= 4 is 27.9 Å². The zero-order chi connectivity index (χ0) is 23.5. The van der Waals surface area contributed by atoms with Crippen LogP contribution in [-0.2, 0) is 33.9 Å². The lowest BCUT2D eigenvalue weighted by Gasteiger charge is -2.18. The fourth-order valence-corrected chi connectivity index (χ4v) is 2.51. The van der Waals surface area contributed by atoms with Crippen molar-refractivity contribution < 1.29 is 45.4 Å². The molecule has 1 amide bonds. The summed E-state index contributed by atoms with van der Waals surface area (Å²) in [5, 5.41) is 0. The maximum atomic E-state index is 12.2. The Morgan fingerprint density at radius 2 is 1.50 bits per heavy atom. The first-order chi connectivity index (χ1) is 13.7. The van der Waals surface area contributed by atoms with Gasteiger partial charge in [-0.3, -0.25) is 4.79 Å².